The second kappa shape index (κ2) is 5.10. The van der Waals surface area contributed by atoms with Crippen molar-refractivity contribution in [3.05, 3.63) is 10.4 Å². The zero-order valence-corrected chi connectivity index (χ0v) is 13.2. The van der Waals surface area contributed by atoms with Crippen molar-refractivity contribution in [3.63, 3.8) is 0 Å². The molecule has 1 fully saturated rings. The number of thiophene rings is 1. The Labute approximate surface area is 128 Å². The summed E-state index contributed by atoms with van der Waals surface area (Å²) in [5.74, 6) is 1.46. The van der Waals surface area contributed by atoms with Gasteiger partial charge < -0.3 is 16.0 Å². The van der Waals surface area contributed by atoms with Gasteiger partial charge in [-0.3, -0.25) is 0 Å². The molecule has 0 amide bonds. The average Bonchev–Trinajstić information content (AvgIpc) is 3.11. The van der Waals surface area contributed by atoms with Gasteiger partial charge in [0, 0.05) is 24.0 Å². The standard InChI is InChI=1S/C15H21N5S/c1-17-9-6-7-20(8-9)14-13-12(18-15(16)19-14)10-4-2-3-5-11(10)21-13/h9,17H,2-8H2,1H3,(H2,16,18,19)/t9-/m0/s1. The van der Waals surface area contributed by atoms with Crippen molar-refractivity contribution in [3.8, 4) is 0 Å². The van der Waals surface area contributed by atoms with E-state index in [2.05, 4.69) is 20.2 Å². The van der Waals surface area contributed by atoms with Crippen molar-refractivity contribution in [2.24, 2.45) is 0 Å². The number of hydrogen-bond donors (Lipinski definition) is 2. The number of hydrogen-bond acceptors (Lipinski definition) is 6. The molecule has 0 saturated carbocycles. The van der Waals surface area contributed by atoms with Crippen molar-refractivity contribution in [2.45, 2.75) is 38.1 Å². The van der Waals surface area contributed by atoms with Crippen LogP contribution in [0.1, 0.15) is 29.7 Å². The van der Waals surface area contributed by atoms with Crippen molar-refractivity contribution >= 4 is 33.3 Å². The average molecular weight is 303 g/mol. The summed E-state index contributed by atoms with van der Waals surface area (Å²) in [5.41, 5.74) is 8.54. The molecule has 6 heteroatoms. The van der Waals surface area contributed by atoms with Gasteiger partial charge in [0.15, 0.2) is 5.82 Å². The van der Waals surface area contributed by atoms with E-state index < -0.39 is 0 Å². The predicted octanol–water partition coefficient (Wildman–Crippen LogP) is 1.95. The van der Waals surface area contributed by atoms with Gasteiger partial charge in [-0.15, -0.1) is 11.3 Å². The second-order valence-corrected chi connectivity index (χ2v) is 7.12. The van der Waals surface area contributed by atoms with Crippen molar-refractivity contribution in [1.82, 2.24) is 15.3 Å². The maximum Gasteiger partial charge on any atom is 0.222 e. The Balaban J connectivity index is 1.83. The van der Waals surface area contributed by atoms with E-state index in [4.69, 9.17) is 5.73 Å². The second-order valence-electron chi connectivity index (χ2n) is 6.01. The van der Waals surface area contributed by atoms with E-state index in [9.17, 15) is 0 Å². The van der Waals surface area contributed by atoms with E-state index in [0.29, 0.717) is 12.0 Å². The summed E-state index contributed by atoms with van der Waals surface area (Å²) in [7, 11) is 2.03. The number of likely N-dealkylation sites (N-methyl/N-ethyl adjacent to an activating group) is 1. The molecular weight excluding hydrogens is 282 g/mol. The third kappa shape index (κ3) is 2.17. The molecule has 21 heavy (non-hydrogen) atoms. The zero-order chi connectivity index (χ0) is 14.4. The highest BCUT2D eigenvalue weighted by molar-refractivity contribution is 7.19. The molecule has 4 rings (SSSR count). The predicted molar refractivity (Wildman–Crippen MR) is 88.1 cm³/mol. The van der Waals surface area contributed by atoms with Crippen LogP contribution in [0.15, 0.2) is 0 Å². The Morgan fingerprint density at radius 2 is 2.14 bits per heavy atom. The topological polar surface area (TPSA) is 67.1 Å². The molecule has 1 aliphatic carbocycles. The van der Waals surface area contributed by atoms with E-state index in [1.165, 1.54) is 34.4 Å². The number of aryl methyl sites for hydroxylation is 2. The summed E-state index contributed by atoms with van der Waals surface area (Å²) >= 11 is 1.89. The van der Waals surface area contributed by atoms with Crippen LogP contribution in [0.25, 0.3) is 10.2 Å². The Bertz CT molecular complexity index is 680. The lowest BCUT2D eigenvalue weighted by atomic mass is 9.98. The Hall–Kier alpha value is -1.40. The lowest BCUT2D eigenvalue weighted by molar-refractivity contribution is 0.616. The van der Waals surface area contributed by atoms with E-state index in [0.717, 1.165) is 37.3 Å². The van der Waals surface area contributed by atoms with Gasteiger partial charge in [-0.25, -0.2) is 4.98 Å². The number of rotatable bonds is 2. The monoisotopic (exact) mass is 303 g/mol. The number of nitrogens with zero attached hydrogens (tertiary/aromatic N) is 3. The lowest BCUT2D eigenvalue weighted by Crippen LogP contribution is -2.30. The number of anilines is 2. The van der Waals surface area contributed by atoms with Gasteiger partial charge in [-0.2, -0.15) is 4.98 Å². The summed E-state index contributed by atoms with van der Waals surface area (Å²) in [5, 5.41) is 3.36. The minimum absolute atomic E-state index is 0.414. The molecule has 1 atom stereocenters. The van der Waals surface area contributed by atoms with Crippen LogP contribution in [0, 0.1) is 0 Å². The molecule has 3 heterocycles. The highest BCUT2D eigenvalue weighted by Gasteiger charge is 2.27. The van der Waals surface area contributed by atoms with Gasteiger partial charge in [0.05, 0.1) is 10.2 Å². The molecule has 0 radical (unpaired) electrons. The first-order valence-electron chi connectivity index (χ1n) is 7.76. The molecular formula is C15H21N5S. The molecule has 0 bridgehead atoms. The van der Waals surface area contributed by atoms with Gasteiger partial charge in [0.2, 0.25) is 5.95 Å². The molecule has 3 N–H and O–H groups in total. The van der Waals surface area contributed by atoms with Crippen LogP contribution in [0.2, 0.25) is 0 Å². The molecule has 2 aromatic rings. The number of aromatic nitrogens is 2. The minimum atomic E-state index is 0.414. The van der Waals surface area contributed by atoms with Crippen LogP contribution >= 0.6 is 11.3 Å². The largest absolute Gasteiger partial charge is 0.368 e. The van der Waals surface area contributed by atoms with E-state index >= 15 is 0 Å². The molecule has 1 saturated heterocycles. The summed E-state index contributed by atoms with van der Waals surface area (Å²) in [6.45, 7) is 2.05. The van der Waals surface area contributed by atoms with E-state index in [-0.39, 0.29) is 0 Å². The first kappa shape index (κ1) is 13.3. The van der Waals surface area contributed by atoms with Gasteiger partial charge in [-0.1, -0.05) is 0 Å². The van der Waals surface area contributed by atoms with Crippen LogP contribution in [0.3, 0.4) is 0 Å². The Morgan fingerprint density at radius 1 is 1.29 bits per heavy atom. The molecule has 0 spiro atoms. The fraction of sp³-hybridized carbons (Fsp3) is 0.600. The van der Waals surface area contributed by atoms with Crippen molar-refractivity contribution in [2.75, 3.05) is 30.8 Å². The third-order valence-corrected chi connectivity index (χ3v) is 5.97. The van der Waals surface area contributed by atoms with Crippen LogP contribution in [-0.2, 0) is 12.8 Å². The molecule has 112 valence electrons. The summed E-state index contributed by atoms with van der Waals surface area (Å²) < 4.78 is 1.24. The van der Waals surface area contributed by atoms with Gasteiger partial charge >= 0.3 is 0 Å². The van der Waals surface area contributed by atoms with E-state index in [1.54, 1.807) is 0 Å². The summed E-state index contributed by atoms with van der Waals surface area (Å²) in [4.78, 5) is 13.0. The lowest BCUT2D eigenvalue weighted by Gasteiger charge is -2.18. The quantitative estimate of drug-likeness (QED) is 0.887. The highest BCUT2D eigenvalue weighted by atomic mass is 32.1. The molecule has 1 aliphatic heterocycles. The SMILES string of the molecule is CN[C@H]1CCN(c2nc(N)nc3c4c(sc23)CCCC4)C1. The smallest absolute Gasteiger partial charge is 0.222 e. The Kier molecular flexibility index (Phi) is 3.23. The summed E-state index contributed by atoms with van der Waals surface area (Å²) in [6, 6.07) is 0.547. The number of nitrogen functional groups attached to an aromatic ring is 1. The maximum atomic E-state index is 5.99. The molecule has 0 aromatic carbocycles. The number of fused-ring (bicyclic) bond motifs is 3. The first-order chi connectivity index (χ1) is 10.3. The fourth-order valence-corrected chi connectivity index (χ4v) is 4.87. The molecule has 2 aromatic heterocycles. The molecule has 5 nitrogen and oxygen atoms in total. The van der Waals surface area contributed by atoms with Gasteiger partial charge in [0.25, 0.3) is 0 Å². The van der Waals surface area contributed by atoms with Crippen LogP contribution in [0.4, 0.5) is 11.8 Å². The Morgan fingerprint density at radius 3 is 2.95 bits per heavy atom. The van der Waals surface area contributed by atoms with Crippen LogP contribution < -0.4 is 16.0 Å². The number of nitrogens with one attached hydrogen (secondary N) is 1. The van der Waals surface area contributed by atoms with Crippen LogP contribution in [-0.4, -0.2) is 36.1 Å². The van der Waals surface area contributed by atoms with Gasteiger partial charge in [-0.05, 0) is 44.7 Å². The molecule has 2 aliphatic rings. The normalized spacial score (nSPS) is 22.0. The first-order valence-corrected chi connectivity index (χ1v) is 8.58. The maximum absolute atomic E-state index is 5.99. The highest BCUT2D eigenvalue weighted by Crippen LogP contribution is 2.40. The van der Waals surface area contributed by atoms with Crippen LogP contribution in [0.5, 0.6) is 0 Å². The van der Waals surface area contributed by atoms with E-state index in [1.807, 2.05) is 18.4 Å². The minimum Gasteiger partial charge on any atom is -0.368 e. The zero-order valence-electron chi connectivity index (χ0n) is 12.4. The number of nitrogens with two attached hydrogens (primary N) is 1. The third-order valence-electron chi connectivity index (χ3n) is 4.69. The van der Waals surface area contributed by atoms with Gasteiger partial charge in [0.1, 0.15) is 0 Å². The fourth-order valence-electron chi connectivity index (χ4n) is 3.52. The summed E-state index contributed by atoms with van der Waals surface area (Å²) in [6.07, 6.45) is 6.05. The molecule has 0 unspecified atom stereocenters. The van der Waals surface area contributed by atoms with Crippen molar-refractivity contribution < 1.29 is 0 Å². The van der Waals surface area contributed by atoms with Crippen molar-refractivity contribution in [1.29, 1.82) is 0 Å².